The molecule has 174 valence electrons. The molecule has 0 saturated carbocycles. The number of aliphatic hydroxyl groups excluding tert-OH is 1. The van der Waals surface area contributed by atoms with E-state index in [1.54, 1.807) is 4.90 Å². The van der Waals surface area contributed by atoms with Crippen molar-refractivity contribution in [3.63, 3.8) is 0 Å². The molecular weight excluding hydrogens is 446 g/mol. The van der Waals surface area contributed by atoms with Crippen molar-refractivity contribution in [2.24, 2.45) is 0 Å². The molecule has 4 heterocycles. The summed E-state index contributed by atoms with van der Waals surface area (Å²) in [5, 5.41) is 9.54. The highest BCUT2D eigenvalue weighted by molar-refractivity contribution is 6.33. The number of imidazole rings is 1. The molecule has 0 atom stereocenters. The number of anilines is 1. The molecule has 0 radical (unpaired) electrons. The van der Waals surface area contributed by atoms with Crippen LogP contribution in [0.3, 0.4) is 0 Å². The lowest BCUT2D eigenvalue weighted by Crippen LogP contribution is -2.43. The number of halogens is 1. The molecule has 0 unspecified atom stereocenters. The van der Waals surface area contributed by atoms with Gasteiger partial charge in [0.2, 0.25) is 5.91 Å². The molecule has 33 heavy (non-hydrogen) atoms. The molecule has 2 saturated heterocycles. The number of ether oxygens (including phenoxy) is 2. The van der Waals surface area contributed by atoms with Gasteiger partial charge in [-0.05, 0) is 18.2 Å². The molecule has 2 N–H and O–H groups in total. The number of likely N-dealkylation sites (tertiary alicyclic amines) is 1. The number of aromatic amines is 1. The SMILES string of the molecule is O=C(CO)N1CCC(Oc2nc3nc(-c4ccc(N5CCOCC5)cc4)c(Cl)cc3[nH]2)CC1. The Morgan fingerprint density at radius 2 is 1.88 bits per heavy atom. The average molecular weight is 472 g/mol. The Labute approximate surface area is 196 Å². The molecule has 2 aromatic heterocycles. The summed E-state index contributed by atoms with van der Waals surface area (Å²) in [6.07, 6.45) is 1.30. The highest BCUT2D eigenvalue weighted by Crippen LogP contribution is 2.31. The molecule has 10 heteroatoms. The summed E-state index contributed by atoms with van der Waals surface area (Å²) in [6, 6.07) is 10.4. The Hall–Kier alpha value is -2.88. The zero-order valence-corrected chi connectivity index (χ0v) is 18.9. The number of benzene rings is 1. The predicted molar refractivity (Wildman–Crippen MR) is 125 cm³/mol. The summed E-state index contributed by atoms with van der Waals surface area (Å²) in [5.41, 5.74) is 3.99. The van der Waals surface area contributed by atoms with Gasteiger partial charge in [0.25, 0.3) is 6.01 Å². The van der Waals surface area contributed by atoms with Gasteiger partial charge in [0.1, 0.15) is 12.7 Å². The zero-order valence-electron chi connectivity index (χ0n) is 18.2. The van der Waals surface area contributed by atoms with Crippen LogP contribution in [0.5, 0.6) is 6.01 Å². The lowest BCUT2D eigenvalue weighted by Gasteiger charge is -2.31. The van der Waals surface area contributed by atoms with E-state index < -0.39 is 6.61 Å². The molecular formula is C23H26ClN5O4. The third kappa shape index (κ3) is 4.75. The largest absolute Gasteiger partial charge is 0.461 e. The Kier molecular flexibility index (Phi) is 6.34. The van der Waals surface area contributed by atoms with E-state index in [-0.39, 0.29) is 12.0 Å². The maximum atomic E-state index is 11.6. The van der Waals surface area contributed by atoms with E-state index in [9.17, 15) is 4.79 Å². The van der Waals surface area contributed by atoms with E-state index in [1.807, 2.05) is 18.2 Å². The molecule has 0 aliphatic carbocycles. The fraction of sp³-hybridized carbons (Fsp3) is 0.435. The molecule has 2 aliphatic rings. The summed E-state index contributed by atoms with van der Waals surface area (Å²) >= 11 is 6.55. The molecule has 0 bridgehead atoms. The van der Waals surface area contributed by atoms with Crippen molar-refractivity contribution in [2.45, 2.75) is 18.9 Å². The number of morpholine rings is 1. The molecule has 2 aliphatic heterocycles. The first-order valence-corrected chi connectivity index (χ1v) is 11.5. The van der Waals surface area contributed by atoms with Crippen molar-refractivity contribution in [2.75, 3.05) is 50.9 Å². The monoisotopic (exact) mass is 471 g/mol. The van der Waals surface area contributed by atoms with Crippen LogP contribution in [0.4, 0.5) is 5.69 Å². The molecule has 0 spiro atoms. The highest BCUT2D eigenvalue weighted by atomic mass is 35.5. The number of fused-ring (bicyclic) bond motifs is 1. The number of nitrogens with zero attached hydrogens (tertiary/aromatic N) is 4. The normalized spacial score (nSPS) is 17.5. The minimum Gasteiger partial charge on any atom is -0.461 e. The number of H-pyrrole nitrogens is 1. The molecule has 9 nitrogen and oxygen atoms in total. The molecule has 1 amide bonds. The van der Waals surface area contributed by atoms with Gasteiger partial charge in [-0.3, -0.25) is 4.79 Å². The number of carbonyl (C=O) groups excluding carboxylic acids is 1. The Morgan fingerprint density at radius 3 is 2.58 bits per heavy atom. The number of hydrogen-bond donors (Lipinski definition) is 2. The van der Waals surface area contributed by atoms with E-state index in [1.165, 1.54) is 0 Å². The minimum atomic E-state index is -0.459. The lowest BCUT2D eigenvalue weighted by molar-refractivity contribution is -0.135. The lowest BCUT2D eigenvalue weighted by atomic mass is 10.1. The van der Waals surface area contributed by atoms with E-state index in [2.05, 4.69) is 32.0 Å². The second-order valence-electron chi connectivity index (χ2n) is 8.23. The van der Waals surface area contributed by atoms with Crippen LogP contribution in [0.2, 0.25) is 5.02 Å². The molecule has 2 fully saturated rings. The Balaban J connectivity index is 1.30. The van der Waals surface area contributed by atoms with Gasteiger partial charge in [-0.2, -0.15) is 4.98 Å². The van der Waals surface area contributed by atoms with Crippen molar-refractivity contribution in [1.82, 2.24) is 19.9 Å². The van der Waals surface area contributed by atoms with Gasteiger partial charge in [0.15, 0.2) is 5.65 Å². The minimum absolute atomic E-state index is 0.0593. The smallest absolute Gasteiger partial charge is 0.296 e. The second-order valence-corrected chi connectivity index (χ2v) is 8.64. The number of rotatable bonds is 5. The van der Waals surface area contributed by atoms with E-state index in [0.29, 0.717) is 53.8 Å². The van der Waals surface area contributed by atoms with Crippen LogP contribution in [-0.2, 0) is 9.53 Å². The van der Waals surface area contributed by atoms with Crippen molar-refractivity contribution >= 4 is 34.4 Å². The van der Waals surface area contributed by atoms with E-state index in [4.69, 9.17) is 26.2 Å². The quantitative estimate of drug-likeness (QED) is 0.589. The number of piperidine rings is 1. The van der Waals surface area contributed by atoms with Crippen LogP contribution in [0.25, 0.3) is 22.4 Å². The maximum absolute atomic E-state index is 11.6. The first-order valence-electron chi connectivity index (χ1n) is 11.2. The first kappa shape index (κ1) is 21.9. The van der Waals surface area contributed by atoms with Crippen molar-refractivity contribution in [3.05, 3.63) is 35.4 Å². The van der Waals surface area contributed by atoms with Crippen molar-refractivity contribution in [1.29, 1.82) is 0 Å². The highest BCUT2D eigenvalue weighted by Gasteiger charge is 2.24. The third-order valence-electron chi connectivity index (χ3n) is 6.13. The number of carbonyl (C=O) groups is 1. The first-order chi connectivity index (χ1) is 16.1. The van der Waals surface area contributed by atoms with Crippen LogP contribution < -0.4 is 9.64 Å². The van der Waals surface area contributed by atoms with Gasteiger partial charge in [0, 0.05) is 50.3 Å². The second kappa shape index (κ2) is 9.54. The topological polar surface area (TPSA) is 104 Å². The van der Waals surface area contributed by atoms with Gasteiger partial charge < -0.3 is 29.4 Å². The average Bonchev–Trinajstić information content (AvgIpc) is 3.25. The van der Waals surface area contributed by atoms with Crippen LogP contribution in [0, 0.1) is 0 Å². The van der Waals surface area contributed by atoms with E-state index >= 15 is 0 Å². The summed E-state index contributed by atoms with van der Waals surface area (Å²) in [5.74, 6) is -0.249. The van der Waals surface area contributed by atoms with Gasteiger partial charge >= 0.3 is 0 Å². The number of aliphatic hydroxyl groups is 1. The Morgan fingerprint density at radius 1 is 1.15 bits per heavy atom. The molecule has 3 aromatic rings. The van der Waals surface area contributed by atoms with Gasteiger partial charge in [-0.25, -0.2) is 4.98 Å². The number of pyridine rings is 1. The summed E-state index contributed by atoms with van der Waals surface area (Å²) in [6.45, 7) is 3.91. The molecule has 1 aromatic carbocycles. The third-order valence-corrected chi connectivity index (χ3v) is 6.42. The van der Waals surface area contributed by atoms with Gasteiger partial charge in [-0.15, -0.1) is 0 Å². The fourth-order valence-corrected chi connectivity index (χ4v) is 4.55. The Bertz CT molecular complexity index is 1120. The summed E-state index contributed by atoms with van der Waals surface area (Å²) in [7, 11) is 0. The predicted octanol–water partition coefficient (Wildman–Crippen LogP) is 2.48. The fourth-order valence-electron chi connectivity index (χ4n) is 4.29. The van der Waals surface area contributed by atoms with Crippen molar-refractivity contribution < 1.29 is 19.4 Å². The van der Waals surface area contributed by atoms with Gasteiger partial charge in [-0.1, -0.05) is 23.7 Å². The summed E-state index contributed by atoms with van der Waals surface area (Å²) < 4.78 is 11.4. The van der Waals surface area contributed by atoms with Crippen LogP contribution in [0.1, 0.15) is 12.8 Å². The van der Waals surface area contributed by atoms with Crippen LogP contribution >= 0.6 is 11.6 Å². The van der Waals surface area contributed by atoms with Crippen LogP contribution in [-0.4, -0.2) is 83.0 Å². The van der Waals surface area contributed by atoms with Crippen LogP contribution in [0.15, 0.2) is 30.3 Å². The standard InChI is InChI=1S/C23H26ClN5O4/c24-18-13-19-22(27-23(25-19)33-17-5-7-29(8-6-17)20(31)14-30)26-21(18)15-1-3-16(4-2-15)28-9-11-32-12-10-28/h1-4,13,17,30H,5-12,14H2,(H,25,26,27). The van der Waals surface area contributed by atoms with Crippen molar-refractivity contribution in [3.8, 4) is 17.3 Å². The number of hydrogen-bond acceptors (Lipinski definition) is 7. The number of amides is 1. The van der Waals surface area contributed by atoms with Gasteiger partial charge in [0.05, 0.1) is 29.4 Å². The van der Waals surface area contributed by atoms with E-state index in [0.717, 1.165) is 37.6 Å². The maximum Gasteiger partial charge on any atom is 0.296 e. The number of aromatic nitrogens is 3. The summed E-state index contributed by atoms with van der Waals surface area (Å²) in [4.78, 5) is 27.9. The zero-order chi connectivity index (χ0) is 22.8. The molecule has 5 rings (SSSR count). The number of nitrogens with one attached hydrogen (secondary N) is 1.